The zero-order valence-corrected chi connectivity index (χ0v) is 21.9. The topological polar surface area (TPSA) is 139 Å². The molecule has 0 aliphatic heterocycles. The third-order valence-electron chi connectivity index (χ3n) is 5.58. The molecule has 0 saturated carbocycles. The fourth-order valence-corrected chi connectivity index (χ4v) is 4.65. The van der Waals surface area contributed by atoms with E-state index in [1.165, 1.54) is 24.1 Å². The SMILES string of the molecule is CCNC(=O)[C@@H](CC)N(Cc1cccc(OC)c1)C(=O)CN(c1cc([N+](=O)[O-])ccc1C)S(C)(=O)=O. The van der Waals surface area contributed by atoms with Crippen LogP contribution in [-0.4, -0.2) is 62.6 Å². The van der Waals surface area contributed by atoms with Gasteiger partial charge in [0.2, 0.25) is 21.8 Å². The Morgan fingerprint density at radius 3 is 2.42 bits per heavy atom. The number of ether oxygens (including phenoxy) is 1. The number of non-ortho nitro benzene ring substituents is 1. The molecule has 12 heteroatoms. The van der Waals surface area contributed by atoms with Crippen LogP contribution in [0.4, 0.5) is 11.4 Å². The van der Waals surface area contributed by atoms with Gasteiger partial charge in [-0.3, -0.25) is 24.0 Å². The predicted molar refractivity (Wildman–Crippen MR) is 136 cm³/mol. The summed E-state index contributed by atoms with van der Waals surface area (Å²) in [5.74, 6) is -0.433. The largest absolute Gasteiger partial charge is 0.497 e. The summed E-state index contributed by atoms with van der Waals surface area (Å²) in [7, 11) is -2.50. The molecular formula is C24H32N4O7S. The highest BCUT2D eigenvalue weighted by molar-refractivity contribution is 7.92. The number of likely N-dealkylation sites (N-methyl/N-ethyl adjacent to an activating group) is 1. The number of nitro groups is 1. The molecule has 2 aromatic rings. The summed E-state index contributed by atoms with van der Waals surface area (Å²) < 4.78 is 31.6. The molecule has 196 valence electrons. The van der Waals surface area contributed by atoms with Crippen molar-refractivity contribution in [2.75, 3.05) is 30.8 Å². The Balaban J connectivity index is 2.53. The monoisotopic (exact) mass is 520 g/mol. The first-order valence-electron chi connectivity index (χ1n) is 11.4. The summed E-state index contributed by atoms with van der Waals surface area (Å²) in [6.07, 6.45) is 1.21. The van der Waals surface area contributed by atoms with E-state index in [0.29, 0.717) is 23.4 Å². The third-order valence-corrected chi connectivity index (χ3v) is 6.70. The summed E-state index contributed by atoms with van der Waals surface area (Å²) in [4.78, 5) is 38.5. The second kappa shape index (κ2) is 12.3. The number of carbonyl (C=O) groups is 2. The number of nitrogens with one attached hydrogen (secondary N) is 1. The van der Waals surface area contributed by atoms with Crippen molar-refractivity contribution in [3.8, 4) is 5.75 Å². The maximum atomic E-state index is 13.6. The number of rotatable bonds is 12. The smallest absolute Gasteiger partial charge is 0.271 e. The number of methoxy groups -OCH3 is 1. The lowest BCUT2D eigenvalue weighted by molar-refractivity contribution is -0.384. The summed E-state index contributed by atoms with van der Waals surface area (Å²) in [6, 6.07) is 9.93. The molecule has 0 unspecified atom stereocenters. The maximum absolute atomic E-state index is 13.6. The molecule has 0 heterocycles. The minimum Gasteiger partial charge on any atom is -0.497 e. The molecule has 0 spiro atoms. The van der Waals surface area contributed by atoms with E-state index in [-0.39, 0.29) is 30.2 Å². The van der Waals surface area contributed by atoms with Crippen molar-refractivity contribution in [3.05, 3.63) is 63.7 Å². The second-order valence-electron chi connectivity index (χ2n) is 8.19. The Bertz CT molecular complexity index is 1220. The van der Waals surface area contributed by atoms with E-state index in [1.54, 1.807) is 45.0 Å². The lowest BCUT2D eigenvalue weighted by Crippen LogP contribution is -2.52. The molecular weight excluding hydrogens is 488 g/mol. The molecule has 0 aliphatic carbocycles. The fraction of sp³-hybridized carbons (Fsp3) is 0.417. The van der Waals surface area contributed by atoms with Gasteiger partial charge in [0.15, 0.2) is 0 Å². The van der Waals surface area contributed by atoms with Crippen molar-refractivity contribution in [2.24, 2.45) is 0 Å². The summed E-state index contributed by atoms with van der Waals surface area (Å²) in [5, 5.41) is 14.0. The van der Waals surface area contributed by atoms with Gasteiger partial charge in [0.1, 0.15) is 18.3 Å². The van der Waals surface area contributed by atoms with Crippen molar-refractivity contribution < 1.29 is 27.7 Å². The Hall–Kier alpha value is -3.67. The number of amides is 2. The lowest BCUT2D eigenvalue weighted by atomic mass is 10.1. The highest BCUT2D eigenvalue weighted by Crippen LogP contribution is 2.28. The van der Waals surface area contributed by atoms with Crippen molar-refractivity contribution in [2.45, 2.75) is 39.8 Å². The number of anilines is 1. The van der Waals surface area contributed by atoms with Crippen LogP contribution in [-0.2, 0) is 26.2 Å². The Kier molecular flexibility index (Phi) is 9.79. The number of nitrogens with zero attached hydrogens (tertiary/aromatic N) is 3. The first-order chi connectivity index (χ1) is 16.9. The number of hydrogen-bond donors (Lipinski definition) is 1. The number of carbonyl (C=O) groups excluding carboxylic acids is 2. The lowest BCUT2D eigenvalue weighted by Gasteiger charge is -2.33. The Morgan fingerprint density at radius 1 is 1.17 bits per heavy atom. The van der Waals surface area contributed by atoms with Crippen LogP contribution < -0.4 is 14.4 Å². The van der Waals surface area contributed by atoms with Crippen LogP contribution in [0.15, 0.2) is 42.5 Å². The van der Waals surface area contributed by atoms with Crippen LogP contribution in [0.5, 0.6) is 5.75 Å². The highest BCUT2D eigenvalue weighted by atomic mass is 32.2. The second-order valence-corrected chi connectivity index (χ2v) is 10.1. The van der Waals surface area contributed by atoms with E-state index in [4.69, 9.17) is 4.74 Å². The first-order valence-corrected chi connectivity index (χ1v) is 13.2. The number of nitro benzene ring substituents is 1. The van der Waals surface area contributed by atoms with Crippen LogP contribution in [0.25, 0.3) is 0 Å². The molecule has 1 N–H and O–H groups in total. The van der Waals surface area contributed by atoms with Gasteiger partial charge in [-0.1, -0.05) is 25.1 Å². The molecule has 11 nitrogen and oxygen atoms in total. The van der Waals surface area contributed by atoms with Gasteiger partial charge < -0.3 is 15.0 Å². The van der Waals surface area contributed by atoms with Gasteiger partial charge in [0.05, 0.1) is 24.0 Å². The minimum absolute atomic E-state index is 0.0208. The average Bonchev–Trinajstić information content (AvgIpc) is 2.82. The van der Waals surface area contributed by atoms with Crippen molar-refractivity contribution in [1.29, 1.82) is 0 Å². The van der Waals surface area contributed by atoms with Gasteiger partial charge >= 0.3 is 0 Å². The Morgan fingerprint density at radius 2 is 1.86 bits per heavy atom. The van der Waals surface area contributed by atoms with Gasteiger partial charge in [-0.15, -0.1) is 0 Å². The molecule has 2 amide bonds. The molecule has 36 heavy (non-hydrogen) atoms. The Labute approximate surface area is 211 Å². The average molecular weight is 521 g/mol. The van der Waals surface area contributed by atoms with Gasteiger partial charge in [-0.05, 0) is 43.5 Å². The fourth-order valence-electron chi connectivity index (χ4n) is 3.75. The van der Waals surface area contributed by atoms with E-state index in [0.717, 1.165) is 16.6 Å². The van der Waals surface area contributed by atoms with E-state index in [1.807, 2.05) is 0 Å². The summed E-state index contributed by atoms with van der Waals surface area (Å²) in [5.41, 5.74) is 0.836. The molecule has 2 aromatic carbocycles. The third kappa shape index (κ3) is 7.17. The molecule has 0 saturated heterocycles. The molecule has 0 bridgehead atoms. The van der Waals surface area contributed by atoms with Gasteiger partial charge in [0, 0.05) is 25.2 Å². The first kappa shape index (κ1) is 28.6. The summed E-state index contributed by atoms with van der Waals surface area (Å²) >= 11 is 0. The van der Waals surface area contributed by atoms with Crippen molar-refractivity contribution in [3.63, 3.8) is 0 Å². The van der Waals surface area contributed by atoms with Crippen molar-refractivity contribution >= 4 is 33.2 Å². The maximum Gasteiger partial charge on any atom is 0.271 e. The predicted octanol–water partition coefficient (Wildman–Crippen LogP) is 2.62. The zero-order chi connectivity index (χ0) is 27.0. The molecule has 1 atom stereocenters. The molecule has 0 aliphatic rings. The number of benzene rings is 2. The van der Waals surface area contributed by atoms with Crippen LogP contribution >= 0.6 is 0 Å². The van der Waals surface area contributed by atoms with Gasteiger partial charge in [-0.25, -0.2) is 8.42 Å². The number of hydrogen-bond acceptors (Lipinski definition) is 7. The normalized spacial score (nSPS) is 11.9. The van der Waals surface area contributed by atoms with Gasteiger partial charge in [0.25, 0.3) is 5.69 Å². The molecule has 0 fully saturated rings. The van der Waals surface area contributed by atoms with Gasteiger partial charge in [-0.2, -0.15) is 0 Å². The quantitative estimate of drug-likeness (QED) is 0.335. The summed E-state index contributed by atoms with van der Waals surface area (Å²) in [6.45, 7) is 4.86. The molecule has 0 radical (unpaired) electrons. The molecule has 2 rings (SSSR count). The number of sulfonamides is 1. The van der Waals surface area contributed by atoms with Crippen LogP contribution in [0, 0.1) is 17.0 Å². The molecule has 0 aromatic heterocycles. The van der Waals surface area contributed by atoms with Crippen LogP contribution in [0.3, 0.4) is 0 Å². The standard InChI is InChI=1S/C24H32N4O7S/c1-6-21(24(30)25-7-2)26(15-18-9-8-10-20(13-18)35-4)23(29)16-27(36(5,33)34)22-14-19(28(31)32)12-11-17(22)3/h8-14,21H,6-7,15-16H2,1-5H3,(H,25,30)/t21-/m1/s1. The van der Waals surface area contributed by atoms with E-state index >= 15 is 0 Å². The van der Waals surface area contributed by atoms with Crippen LogP contribution in [0.2, 0.25) is 0 Å². The van der Waals surface area contributed by atoms with E-state index in [9.17, 15) is 28.1 Å². The van der Waals surface area contributed by atoms with Crippen LogP contribution in [0.1, 0.15) is 31.4 Å². The van der Waals surface area contributed by atoms with E-state index < -0.39 is 33.4 Å². The highest BCUT2D eigenvalue weighted by Gasteiger charge is 2.32. The van der Waals surface area contributed by atoms with Crippen molar-refractivity contribution in [1.82, 2.24) is 10.2 Å². The zero-order valence-electron chi connectivity index (χ0n) is 21.1. The van der Waals surface area contributed by atoms with E-state index in [2.05, 4.69) is 5.32 Å². The number of aryl methyl sites for hydroxylation is 1. The minimum atomic E-state index is -4.02.